The van der Waals surface area contributed by atoms with Crippen molar-refractivity contribution in [3.05, 3.63) is 143 Å². The molecule has 0 N–H and O–H groups in total. The SMILES string of the molecule is C=CC[C@@]1(OC)C[C@H](c2cccc(Cl)c2)[C@@H](c2ccc(Cl)cc2)N([C@@H](CC)CO[Si](c2ccccc2)(c2ccccc2)C(C)C)C1=O. The summed E-state index contributed by atoms with van der Waals surface area (Å²) in [6.45, 7) is 11.0. The van der Waals surface area contributed by atoms with Crippen molar-refractivity contribution in [3.8, 4) is 0 Å². The Hall–Kier alpha value is -3.19. The number of nitrogens with zero attached hydrogens (tertiary/aromatic N) is 1. The molecule has 47 heavy (non-hydrogen) atoms. The normalized spacial score (nSPS) is 20.7. The lowest BCUT2D eigenvalue weighted by molar-refractivity contribution is -0.173. The number of likely N-dealkylation sites (tertiary alicyclic amines) is 1. The van der Waals surface area contributed by atoms with Crippen LogP contribution in [0.25, 0.3) is 0 Å². The molecule has 0 unspecified atom stereocenters. The molecule has 0 spiro atoms. The van der Waals surface area contributed by atoms with Gasteiger partial charge in [-0.05, 0) is 64.1 Å². The standard InChI is InChI=1S/C40H45Cl2NO3Si/c1-6-25-40(45-5)27-37(31-15-14-16-33(42)26-31)38(30-21-23-32(41)24-22-30)43(39(40)44)34(7-2)28-46-47(29(3)4,35-17-10-8-11-18-35)36-19-12-9-13-20-36/h6,8-24,26,29,34,37-38H,1,7,25,27-28H2,2-5H3/t34-,37+,38+,40+/m0/s1. The van der Waals surface area contributed by atoms with Gasteiger partial charge in [0.2, 0.25) is 0 Å². The van der Waals surface area contributed by atoms with Crippen LogP contribution in [0.4, 0.5) is 0 Å². The lowest BCUT2D eigenvalue weighted by Gasteiger charge is -2.52. The third-order valence-electron chi connectivity index (χ3n) is 9.79. The highest BCUT2D eigenvalue weighted by Gasteiger charge is 2.54. The van der Waals surface area contributed by atoms with Gasteiger partial charge in [-0.15, -0.1) is 6.58 Å². The van der Waals surface area contributed by atoms with Gasteiger partial charge in [-0.2, -0.15) is 0 Å². The molecule has 0 aliphatic carbocycles. The van der Waals surface area contributed by atoms with Crippen LogP contribution >= 0.6 is 23.2 Å². The molecule has 1 amide bonds. The fraction of sp³-hybridized carbons (Fsp3) is 0.325. The summed E-state index contributed by atoms with van der Waals surface area (Å²) in [6.07, 6.45) is 3.35. The molecule has 1 aliphatic rings. The van der Waals surface area contributed by atoms with Crippen molar-refractivity contribution in [3.63, 3.8) is 0 Å². The summed E-state index contributed by atoms with van der Waals surface area (Å²) in [5.41, 5.74) is 1.20. The average molecular weight is 687 g/mol. The van der Waals surface area contributed by atoms with E-state index in [2.05, 4.69) is 86.8 Å². The Kier molecular flexibility index (Phi) is 11.5. The first-order chi connectivity index (χ1) is 22.7. The Balaban J connectivity index is 1.66. The number of rotatable bonds is 13. The minimum Gasteiger partial charge on any atom is -0.406 e. The van der Waals surface area contributed by atoms with E-state index in [0.717, 1.165) is 11.1 Å². The highest BCUT2D eigenvalue weighted by Crippen LogP contribution is 2.50. The lowest BCUT2D eigenvalue weighted by atomic mass is 9.72. The zero-order valence-corrected chi connectivity index (χ0v) is 30.3. The summed E-state index contributed by atoms with van der Waals surface area (Å²) < 4.78 is 13.6. The molecule has 1 fully saturated rings. The molecule has 4 aromatic rings. The maximum atomic E-state index is 15.0. The largest absolute Gasteiger partial charge is 0.406 e. The highest BCUT2D eigenvalue weighted by atomic mass is 35.5. The van der Waals surface area contributed by atoms with Crippen LogP contribution in [0.2, 0.25) is 15.6 Å². The molecule has 5 rings (SSSR count). The van der Waals surface area contributed by atoms with Crippen LogP contribution in [0.5, 0.6) is 0 Å². The van der Waals surface area contributed by atoms with E-state index < -0.39 is 13.9 Å². The van der Waals surface area contributed by atoms with E-state index >= 15 is 4.79 Å². The van der Waals surface area contributed by atoms with Crippen molar-refractivity contribution in [2.24, 2.45) is 0 Å². The number of benzene rings is 4. The number of halogens is 2. The third-order valence-corrected chi connectivity index (χ3v) is 14.9. The Bertz CT molecular complexity index is 1590. The Morgan fingerprint density at radius 3 is 2.02 bits per heavy atom. The molecular weight excluding hydrogens is 641 g/mol. The van der Waals surface area contributed by atoms with Crippen LogP contribution in [0.1, 0.15) is 63.1 Å². The van der Waals surface area contributed by atoms with Crippen molar-refractivity contribution in [2.45, 2.75) is 69.2 Å². The maximum Gasteiger partial charge on any atom is 0.258 e. The van der Waals surface area contributed by atoms with E-state index in [1.165, 1.54) is 10.4 Å². The summed E-state index contributed by atoms with van der Waals surface area (Å²) >= 11 is 13.0. The smallest absolute Gasteiger partial charge is 0.258 e. The van der Waals surface area contributed by atoms with E-state index in [4.69, 9.17) is 32.4 Å². The molecule has 0 radical (unpaired) electrons. The molecule has 1 heterocycles. The van der Waals surface area contributed by atoms with Gasteiger partial charge in [-0.25, -0.2) is 0 Å². The predicted molar refractivity (Wildman–Crippen MR) is 197 cm³/mol. The zero-order chi connectivity index (χ0) is 33.6. The Morgan fingerprint density at radius 1 is 0.894 bits per heavy atom. The summed E-state index contributed by atoms with van der Waals surface area (Å²) in [7, 11) is -1.13. The summed E-state index contributed by atoms with van der Waals surface area (Å²) in [5.74, 6) is -0.165. The molecule has 246 valence electrons. The van der Waals surface area contributed by atoms with Crippen molar-refractivity contribution >= 4 is 47.8 Å². The van der Waals surface area contributed by atoms with Crippen LogP contribution in [0.15, 0.2) is 122 Å². The Morgan fingerprint density at radius 2 is 1.51 bits per heavy atom. The van der Waals surface area contributed by atoms with Gasteiger partial charge in [-0.3, -0.25) is 4.79 Å². The topological polar surface area (TPSA) is 38.8 Å². The van der Waals surface area contributed by atoms with Gasteiger partial charge in [-0.1, -0.05) is 135 Å². The van der Waals surface area contributed by atoms with Gasteiger partial charge in [0.1, 0.15) is 0 Å². The number of amides is 1. The van der Waals surface area contributed by atoms with E-state index in [-0.39, 0.29) is 29.4 Å². The minimum atomic E-state index is -2.77. The maximum absolute atomic E-state index is 15.0. The predicted octanol–water partition coefficient (Wildman–Crippen LogP) is 8.98. The second-order valence-electron chi connectivity index (χ2n) is 12.8. The summed E-state index contributed by atoms with van der Waals surface area (Å²) in [4.78, 5) is 17.1. The van der Waals surface area contributed by atoms with Crippen molar-refractivity contribution in [1.82, 2.24) is 4.90 Å². The molecule has 1 aliphatic heterocycles. The first-order valence-electron chi connectivity index (χ1n) is 16.5. The third kappa shape index (κ3) is 7.01. The number of carbonyl (C=O) groups is 1. The highest BCUT2D eigenvalue weighted by molar-refractivity contribution is 6.98. The second kappa shape index (κ2) is 15.4. The molecule has 0 aromatic heterocycles. The second-order valence-corrected chi connectivity index (χ2v) is 17.7. The van der Waals surface area contributed by atoms with Crippen LogP contribution < -0.4 is 10.4 Å². The number of ether oxygens (including phenoxy) is 1. The van der Waals surface area contributed by atoms with Crippen LogP contribution in [0, 0.1) is 0 Å². The van der Waals surface area contributed by atoms with Gasteiger partial charge in [0, 0.05) is 29.5 Å². The summed E-state index contributed by atoms with van der Waals surface area (Å²) in [5, 5.41) is 3.73. The zero-order valence-electron chi connectivity index (χ0n) is 27.7. The lowest BCUT2D eigenvalue weighted by Crippen LogP contribution is -2.65. The first-order valence-corrected chi connectivity index (χ1v) is 19.2. The van der Waals surface area contributed by atoms with Gasteiger partial charge < -0.3 is 14.1 Å². The van der Waals surface area contributed by atoms with Crippen molar-refractivity contribution in [1.29, 1.82) is 0 Å². The van der Waals surface area contributed by atoms with Crippen molar-refractivity contribution in [2.75, 3.05) is 13.7 Å². The van der Waals surface area contributed by atoms with E-state index in [0.29, 0.717) is 35.9 Å². The molecular formula is C40H45Cl2NO3Si. The van der Waals surface area contributed by atoms with Crippen LogP contribution in [-0.2, 0) is 14.0 Å². The molecule has 0 saturated carbocycles. The molecule has 4 atom stereocenters. The first kappa shape index (κ1) is 35.1. The molecule has 7 heteroatoms. The van der Waals surface area contributed by atoms with Crippen LogP contribution in [0.3, 0.4) is 0 Å². The van der Waals surface area contributed by atoms with Gasteiger partial charge in [0.15, 0.2) is 5.60 Å². The van der Waals surface area contributed by atoms with Gasteiger partial charge in [0.05, 0.1) is 18.7 Å². The molecule has 4 aromatic carbocycles. The number of hydrogen-bond donors (Lipinski definition) is 0. The van der Waals surface area contributed by atoms with Crippen LogP contribution in [-0.4, -0.2) is 44.5 Å². The number of methoxy groups -OCH3 is 1. The average Bonchev–Trinajstić information content (AvgIpc) is 3.09. The van der Waals surface area contributed by atoms with E-state index in [9.17, 15) is 0 Å². The number of carbonyl (C=O) groups excluding carboxylic acids is 1. The summed E-state index contributed by atoms with van der Waals surface area (Å²) in [6, 6.07) is 36.5. The minimum absolute atomic E-state index is 0.0511. The fourth-order valence-corrected chi connectivity index (χ4v) is 11.9. The van der Waals surface area contributed by atoms with E-state index in [1.54, 1.807) is 13.2 Å². The quantitative estimate of drug-likeness (QED) is 0.104. The molecule has 4 nitrogen and oxygen atoms in total. The molecule has 1 saturated heterocycles. The number of hydrogen-bond acceptors (Lipinski definition) is 3. The fourth-order valence-electron chi connectivity index (χ4n) is 7.41. The monoisotopic (exact) mass is 685 g/mol. The molecule has 0 bridgehead atoms. The number of piperidine rings is 1. The Labute approximate surface area is 291 Å². The van der Waals surface area contributed by atoms with Crippen molar-refractivity contribution < 1.29 is 14.0 Å². The van der Waals surface area contributed by atoms with Gasteiger partial charge >= 0.3 is 0 Å². The van der Waals surface area contributed by atoms with E-state index in [1.807, 2.05) is 54.6 Å². The van der Waals surface area contributed by atoms with Gasteiger partial charge in [0.25, 0.3) is 14.2 Å².